The third-order valence-corrected chi connectivity index (χ3v) is 7.09. The molecule has 0 saturated carbocycles. The molecule has 0 fully saturated rings. The number of ether oxygens (including phenoxy) is 1. The Kier molecular flexibility index (Phi) is 5.98. The van der Waals surface area contributed by atoms with Gasteiger partial charge < -0.3 is 14.6 Å². The minimum atomic E-state index is -1.15. The van der Waals surface area contributed by atoms with Crippen LogP contribution in [0.2, 0.25) is 0 Å². The van der Waals surface area contributed by atoms with Gasteiger partial charge in [-0.1, -0.05) is 0 Å². The number of thiazole rings is 1. The maximum absolute atomic E-state index is 14.4. The van der Waals surface area contributed by atoms with Gasteiger partial charge in [0.25, 0.3) is 11.5 Å². The Bertz CT molecular complexity index is 1620. The Labute approximate surface area is 214 Å². The number of halogens is 2. The van der Waals surface area contributed by atoms with Crippen molar-refractivity contribution in [2.45, 2.75) is 39.0 Å². The average Bonchev–Trinajstić information content (AvgIpc) is 3.30. The first-order chi connectivity index (χ1) is 17.4. The molecule has 11 heteroatoms. The quantitative estimate of drug-likeness (QED) is 0.398. The molecule has 0 bridgehead atoms. The van der Waals surface area contributed by atoms with Crippen LogP contribution in [-0.2, 0) is 11.3 Å². The van der Waals surface area contributed by atoms with Crippen molar-refractivity contribution in [1.82, 2.24) is 19.8 Å². The van der Waals surface area contributed by atoms with E-state index in [1.54, 1.807) is 51.5 Å². The maximum atomic E-state index is 14.4. The SMILES string of the molecule is CN(C(=O)c1ccc2scnc2c1)C1CN(C(=O)OC(C)(C)C)Cc2[nH]c(=O)c3cc(F)c(F)cc3c21. The van der Waals surface area contributed by atoms with Crippen LogP contribution in [0.5, 0.6) is 0 Å². The Morgan fingerprint density at radius 2 is 1.86 bits per heavy atom. The number of likely N-dealkylation sites (N-methyl/N-ethyl adjacent to an activating group) is 1. The second-order valence-corrected chi connectivity index (χ2v) is 10.9. The van der Waals surface area contributed by atoms with Gasteiger partial charge in [0.2, 0.25) is 0 Å². The van der Waals surface area contributed by atoms with Crippen molar-refractivity contribution in [1.29, 1.82) is 0 Å². The summed E-state index contributed by atoms with van der Waals surface area (Å²) in [4.78, 5) is 49.2. The lowest BCUT2D eigenvalue weighted by atomic mass is 9.92. The minimum absolute atomic E-state index is 0.0171. The first-order valence-corrected chi connectivity index (χ1v) is 12.4. The second-order valence-electron chi connectivity index (χ2n) is 9.99. The zero-order chi connectivity index (χ0) is 26.6. The van der Waals surface area contributed by atoms with Gasteiger partial charge in [0.1, 0.15) is 5.60 Å². The predicted octanol–water partition coefficient (Wildman–Crippen LogP) is 4.98. The van der Waals surface area contributed by atoms with Crippen molar-refractivity contribution in [3.8, 4) is 0 Å². The summed E-state index contributed by atoms with van der Waals surface area (Å²) >= 11 is 1.45. The molecule has 4 aromatic rings. The van der Waals surface area contributed by atoms with Crippen LogP contribution in [-0.4, -0.2) is 51.0 Å². The number of nitrogens with zero attached hydrogens (tertiary/aromatic N) is 3. The van der Waals surface area contributed by atoms with E-state index in [-0.39, 0.29) is 29.8 Å². The fourth-order valence-electron chi connectivity index (χ4n) is 4.57. The van der Waals surface area contributed by atoms with Gasteiger partial charge in [-0.3, -0.25) is 14.5 Å². The summed E-state index contributed by atoms with van der Waals surface area (Å²) in [6.07, 6.45) is -0.626. The van der Waals surface area contributed by atoms with Crippen molar-refractivity contribution in [3.63, 3.8) is 0 Å². The number of aromatic amines is 1. The Hall–Kier alpha value is -3.86. The first-order valence-electron chi connectivity index (χ1n) is 11.5. The molecule has 1 N–H and O–H groups in total. The van der Waals surface area contributed by atoms with Crippen LogP contribution in [0.4, 0.5) is 13.6 Å². The molecule has 1 aliphatic rings. The van der Waals surface area contributed by atoms with Crippen molar-refractivity contribution >= 4 is 44.3 Å². The van der Waals surface area contributed by atoms with E-state index in [0.717, 1.165) is 16.8 Å². The summed E-state index contributed by atoms with van der Waals surface area (Å²) in [6.45, 7) is 5.19. The van der Waals surface area contributed by atoms with Gasteiger partial charge in [0.05, 0.1) is 33.7 Å². The van der Waals surface area contributed by atoms with E-state index in [4.69, 9.17) is 4.74 Å². The molecule has 3 heterocycles. The van der Waals surface area contributed by atoms with Crippen LogP contribution in [0.3, 0.4) is 0 Å². The van der Waals surface area contributed by atoms with E-state index >= 15 is 0 Å². The summed E-state index contributed by atoms with van der Waals surface area (Å²) in [5.41, 5.74) is 2.11. The van der Waals surface area contributed by atoms with Crippen molar-refractivity contribution in [3.05, 3.63) is 74.7 Å². The highest BCUT2D eigenvalue weighted by molar-refractivity contribution is 7.16. The van der Waals surface area contributed by atoms with Crippen LogP contribution in [0.1, 0.15) is 48.4 Å². The van der Waals surface area contributed by atoms with E-state index in [0.29, 0.717) is 22.3 Å². The zero-order valence-electron chi connectivity index (χ0n) is 20.6. The molecule has 192 valence electrons. The molecule has 2 aromatic heterocycles. The predicted molar refractivity (Wildman–Crippen MR) is 136 cm³/mol. The van der Waals surface area contributed by atoms with Gasteiger partial charge in [-0.15, -0.1) is 11.3 Å². The first kappa shape index (κ1) is 24.8. The highest BCUT2D eigenvalue weighted by Crippen LogP contribution is 2.36. The molecule has 0 radical (unpaired) electrons. The summed E-state index contributed by atoms with van der Waals surface area (Å²) in [6, 6.07) is 6.20. The highest BCUT2D eigenvalue weighted by Gasteiger charge is 2.37. The third-order valence-electron chi connectivity index (χ3n) is 6.28. The topological polar surface area (TPSA) is 95.6 Å². The molecular formula is C26H24F2N4O4S. The van der Waals surface area contributed by atoms with E-state index in [1.807, 2.05) is 0 Å². The number of hydrogen-bond acceptors (Lipinski definition) is 6. The number of amides is 2. The molecule has 2 aromatic carbocycles. The van der Waals surface area contributed by atoms with Gasteiger partial charge in [-0.2, -0.15) is 0 Å². The minimum Gasteiger partial charge on any atom is -0.444 e. The standard InChI is InChI=1S/C26H24F2N4O4S/c1-26(2,3)36-25(35)32-10-19-22(14-8-16(27)17(28)9-15(14)23(33)30-19)20(11-32)31(4)24(34)13-5-6-21-18(7-13)29-12-37-21/h5-9,12,20H,10-11H2,1-4H3,(H,30,33). The van der Waals surface area contributed by atoms with Crippen molar-refractivity contribution in [2.75, 3.05) is 13.6 Å². The normalized spacial score (nSPS) is 15.6. The third kappa shape index (κ3) is 4.55. The molecule has 0 aliphatic carbocycles. The van der Waals surface area contributed by atoms with Crippen LogP contribution >= 0.6 is 11.3 Å². The monoisotopic (exact) mass is 526 g/mol. The number of hydrogen-bond donors (Lipinski definition) is 1. The van der Waals surface area contributed by atoms with E-state index in [9.17, 15) is 23.2 Å². The fraction of sp³-hybridized carbons (Fsp3) is 0.308. The van der Waals surface area contributed by atoms with Crippen molar-refractivity contribution < 1.29 is 23.1 Å². The lowest BCUT2D eigenvalue weighted by Gasteiger charge is -2.39. The molecule has 8 nitrogen and oxygen atoms in total. The van der Waals surface area contributed by atoms with Crippen molar-refractivity contribution in [2.24, 2.45) is 0 Å². The Morgan fingerprint density at radius 1 is 1.16 bits per heavy atom. The van der Waals surface area contributed by atoms with Crippen LogP contribution < -0.4 is 5.56 Å². The fourth-order valence-corrected chi connectivity index (χ4v) is 5.23. The lowest BCUT2D eigenvalue weighted by molar-refractivity contribution is 0.0142. The molecule has 2 amide bonds. The number of carbonyl (C=O) groups is 2. The summed E-state index contributed by atoms with van der Waals surface area (Å²) in [5, 5.41) is 0.138. The van der Waals surface area contributed by atoms with Gasteiger partial charge in [0.15, 0.2) is 11.6 Å². The summed E-state index contributed by atoms with van der Waals surface area (Å²) < 4.78 is 34.8. The Morgan fingerprint density at radius 3 is 2.57 bits per heavy atom. The lowest BCUT2D eigenvalue weighted by Crippen LogP contribution is -2.47. The largest absolute Gasteiger partial charge is 0.444 e. The zero-order valence-corrected chi connectivity index (χ0v) is 21.4. The number of nitrogens with one attached hydrogen (secondary N) is 1. The molecular weight excluding hydrogens is 502 g/mol. The molecule has 0 spiro atoms. The van der Waals surface area contributed by atoms with Crippen LogP contribution in [0.15, 0.2) is 40.6 Å². The number of rotatable bonds is 2. The number of benzene rings is 2. The highest BCUT2D eigenvalue weighted by atomic mass is 32.1. The second kappa shape index (κ2) is 8.91. The summed E-state index contributed by atoms with van der Waals surface area (Å²) in [7, 11) is 1.57. The van der Waals surface area contributed by atoms with Gasteiger partial charge in [-0.25, -0.2) is 18.6 Å². The number of fused-ring (bicyclic) bond motifs is 4. The van der Waals surface area contributed by atoms with Gasteiger partial charge >= 0.3 is 6.09 Å². The van der Waals surface area contributed by atoms with E-state index < -0.39 is 34.9 Å². The molecule has 1 atom stereocenters. The maximum Gasteiger partial charge on any atom is 0.410 e. The van der Waals surface area contributed by atoms with Gasteiger partial charge in [0, 0.05) is 30.4 Å². The van der Waals surface area contributed by atoms with E-state index in [2.05, 4.69) is 9.97 Å². The average molecular weight is 527 g/mol. The van der Waals surface area contributed by atoms with Crippen LogP contribution in [0.25, 0.3) is 21.0 Å². The number of carbonyl (C=O) groups excluding carboxylic acids is 2. The van der Waals surface area contributed by atoms with Gasteiger partial charge in [-0.05, 0) is 56.5 Å². The molecule has 1 unspecified atom stereocenters. The number of pyridine rings is 1. The number of aromatic nitrogens is 2. The number of H-pyrrole nitrogens is 1. The summed E-state index contributed by atoms with van der Waals surface area (Å²) in [5.74, 6) is -2.63. The molecule has 0 saturated heterocycles. The molecule has 5 rings (SSSR count). The Balaban J connectivity index is 1.63. The smallest absolute Gasteiger partial charge is 0.410 e. The molecule has 1 aliphatic heterocycles. The molecule has 37 heavy (non-hydrogen) atoms. The van der Waals surface area contributed by atoms with Crippen LogP contribution in [0, 0.1) is 11.6 Å². The van der Waals surface area contributed by atoms with E-state index in [1.165, 1.54) is 21.1 Å².